The molecule has 4 aromatic rings. The molecule has 0 spiro atoms. The van der Waals surface area contributed by atoms with Gasteiger partial charge in [-0.05, 0) is 36.6 Å². The van der Waals surface area contributed by atoms with Crippen LogP contribution in [0.2, 0.25) is 0 Å². The van der Waals surface area contributed by atoms with Crippen LogP contribution >= 0.6 is 11.3 Å². The predicted octanol–water partition coefficient (Wildman–Crippen LogP) is 5.58. The predicted molar refractivity (Wildman–Crippen MR) is 126 cm³/mol. The second-order valence-electron chi connectivity index (χ2n) is 7.55. The molecule has 9 nitrogen and oxygen atoms in total. The molecule has 0 saturated carbocycles. The summed E-state index contributed by atoms with van der Waals surface area (Å²) in [5.74, 6) is -0.612. The van der Waals surface area contributed by atoms with Gasteiger partial charge in [0.15, 0.2) is 5.13 Å². The number of non-ortho nitro benzene ring substituents is 2. The topological polar surface area (TPSA) is 119 Å². The molecule has 0 bridgehead atoms. The fourth-order valence-electron chi connectivity index (χ4n) is 3.55. The van der Waals surface area contributed by atoms with Crippen LogP contribution in [0.25, 0.3) is 10.2 Å². The Morgan fingerprint density at radius 1 is 0.970 bits per heavy atom. The molecule has 0 saturated heterocycles. The monoisotopic (exact) mass is 462 g/mol. The fraction of sp³-hybridized carbons (Fsp3) is 0.130. The molecule has 1 heterocycles. The van der Waals surface area contributed by atoms with Gasteiger partial charge in [0, 0.05) is 12.1 Å². The molecule has 0 atom stereocenters. The number of thiazole rings is 1. The summed E-state index contributed by atoms with van der Waals surface area (Å²) < 4.78 is 0.901. The van der Waals surface area contributed by atoms with Crippen molar-refractivity contribution in [1.82, 2.24) is 4.98 Å². The average molecular weight is 462 g/mol. The number of fused-ring (bicyclic) bond motifs is 1. The van der Waals surface area contributed by atoms with Gasteiger partial charge in [0.05, 0.1) is 38.2 Å². The van der Waals surface area contributed by atoms with Crippen molar-refractivity contribution in [1.29, 1.82) is 0 Å². The summed E-state index contributed by atoms with van der Waals surface area (Å²) >= 11 is 1.32. The second-order valence-corrected chi connectivity index (χ2v) is 8.56. The summed E-state index contributed by atoms with van der Waals surface area (Å²) in [7, 11) is 0. The zero-order valence-electron chi connectivity index (χ0n) is 17.7. The van der Waals surface area contributed by atoms with Gasteiger partial charge in [-0.1, -0.05) is 47.7 Å². The molecule has 0 N–H and O–H groups in total. The zero-order valence-corrected chi connectivity index (χ0v) is 18.5. The van der Waals surface area contributed by atoms with Crippen LogP contribution < -0.4 is 4.90 Å². The SMILES string of the molecule is Cc1cc(C)c2nc(N(Cc3ccccc3)C(=O)c3cc([N+](=O)[O-])cc([N+](=O)[O-])c3)sc2c1. The van der Waals surface area contributed by atoms with Crippen LogP contribution in [0.4, 0.5) is 16.5 Å². The van der Waals surface area contributed by atoms with Gasteiger partial charge < -0.3 is 0 Å². The molecule has 33 heavy (non-hydrogen) atoms. The molecule has 0 aliphatic rings. The Bertz CT molecular complexity index is 1370. The number of nitro groups is 2. The highest BCUT2D eigenvalue weighted by Crippen LogP contribution is 2.34. The van der Waals surface area contributed by atoms with E-state index in [-0.39, 0.29) is 12.1 Å². The number of hydrogen-bond donors (Lipinski definition) is 0. The lowest BCUT2D eigenvalue weighted by atomic mass is 10.1. The number of aromatic nitrogens is 1. The number of hydrogen-bond acceptors (Lipinski definition) is 7. The highest BCUT2D eigenvalue weighted by Gasteiger charge is 2.26. The molecular formula is C23H18N4O5S. The van der Waals surface area contributed by atoms with Crippen LogP contribution in [0.5, 0.6) is 0 Å². The first-order valence-corrected chi connectivity index (χ1v) is 10.7. The number of nitro benzene ring substituents is 2. The highest BCUT2D eigenvalue weighted by molar-refractivity contribution is 7.22. The van der Waals surface area contributed by atoms with E-state index in [0.717, 1.165) is 45.1 Å². The van der Waals surface area contributed by atoms with Gasteiger partial charge in [0.25, 0.3) is 17.3 Å². The Hall–Kier alpha value is -4.18. The van der Waals surface area contributed by atoms with Crippen molar-refractivity contribution in [2.75, 3.05) is 4.90 Å². The van der Waals surface area contributed by atoms with E-state index in [0.29, 0.717) is 5.13 Å². The molecule has 166 valence electrons. The van der Waals surface area contributed by atoms with E-state index in [1.54, 1.807) is 0 Å². The lowest BCUT2D eigenvalue weighted by molar-refractivity contribution is -0.394. The molecule has 0 fully saturated rings. The summed E-state index contributed by atoms with van der Waals surface area (Å²) in [5, 5.41) is 23.0. The first kappa shape index (κ1) is 22.0. The third-order valence-electron chi connectivity index (χ3n) is 5.05. The van der Waals surface area contributed by atoms with Crippen molar-refractivity contribution in [3.05, 3.63) is 103 Å². The largest absolute Gasteiger partial charge is 0.279 e. The quantitative estimate of drug-likeness (QED) is 0.273. The smallest absolute Gasteiger partial charge is 0.277 e. The van der Waals surface area contributed by atoms with Gasteiger partial charge in [-0.25, -0.2) is 4.98 Å². The molecule has 0 aliphatic carbocycles. The van der Waals surface area contributed by atoms with E-state index < -0.39 is 27.1 Å². The average Bonchev–Trinajstić information content (AvgIpc) is 3.21. The van der Waals surface area contributed by atoms with Crippen LogP contribution in [0.1, 0.15) is 27.0 Å². The van der Waals surface area contributed by atoms with Crippen LogP contribution in [0.3, 0.4) is 0 Å². The first-order valence-electron chi connectivity index (χ1n) is 9.90. The number of carbonyl (C=O) groups excluding carboxylic acids is 1. The molecule has 4 rings (SSSR count). The Morgan fingerprint density at radius 2 is 1.61 bits per heavy atom. The van der Waals surface area contributed by atoms with E-state index in [2.05, 4.69) is 4.98 Å². The van der Waals surface area contributed by atoms with Crippen LogP contribution in [-0.4, -0.2) is 20.7 Å². The minimum absolute atomic E-state index is 0.147. The molecule has 0 radical (unpaired) electrons. The van der Waals surface area contributed by atoms with Crippen LogP contribution in [0, 0.1) is 34.1 Å². The summed E-state index contributed by atoms with van der Waals surface area (Å²) in [5.41, 5.74) is 2.40. The minimum Gasteiger partial charge on any atom is -0.279 e. The van der Waals surface area contributed by atoms with E-state index in [1.807, 2.05) is 56.3 Å². The molecule has 3 aromatic carbocycles. The zero-order chi connectivity index (χ0) is 23.7. The maximum Gasteiger partial charge on any atom is 0.277 e. The third-order valence-corrected chi connectivity index (χ3v) is 6.07. The van der Waals surface area contributed by atoms with Gasteiger partial charge in [0.1, 0.15) is 0 Å². The molecular weight excluding hydrogens is 444 g/mol. The molecule has 0 unspecified atom stereocenters. The van der Waals surface area contributed by atoms with Gasteiger partial charge in [-0.15, -0.1) is 0 Å². The molecule has 1 amide bonds. The van der Waals surface area contributed by atoms with E-state index >= 15 is 0 Å². The maximum atomic E-state index is 13.6. The van der Waals surface area contributed by atoms with Gasteiger partial charge in [-0.2, -0.15) is 0 Å². The Labute approximate surface area is 192 Å². The fourth-order valence-corrected chi connectivity index (χ4v) is 4.69. The number of benzene rings is 3. The normalized spacial score (nSPS) is 10.8. The number of rotatable bonds is 6. The molecule has 0 aliphatic heterocycles. The number of amides is 1. The summed E-state index contributed by atoms with van der Waals surface area (Å²) in [4.78, 5) is 40.8. The van der Waals surface area contributed by atoms with Crippen molar-refractivity contribution < 1.29 is 14.6 Å². The summed E-state index contributed by atoms with van der Waals surface area (Å²) in [6, 6.07) is 16.1. The van der Waals surface area contributed by atoms with Gasteiger partial charge in [-0.3, -0.25) is 29.9 Å². The Kier molecular flexibility index (Phi) is 5.84. The molecule has 1 aromatic heterocycles. The van der Waals surface area contributed by atoms with Crippen molar-refractivity contribution in [2.45, 2.75) is 20.4 Å². The van der Waals surface area contributed by atoms with Crippen LogP contribution in [-0.2, 0) is 6.54 Å². The maximum absolute atomic E-state index is 13.6. The lowest BCUT2D eigenvalue weighted by Gasteiger charge is -2.20. The molecule has 10 heteroatoms. The van der Waals surface area contributed by atoms with Crippen LogP contribution in [0.15, 0.2) is 60.7 Å². The second kappa shape index (κ2) is 8.75. The number of aryl methyl sites for hydroxylation is 2. The van der Waals surface area contributed by atoms with Crippen molar-refractivity contribution in [2.24, 2.45) is 0 Å². The Balaban J connectivity index is 1.85. The lowest BCUT2D eigenvalue weighted by Crippen LogP contribution is -2.30. The number of nitrogens with zero attached hydrogens (tertiary/aromatic N) is 4. The number of anilines is 1. The van der Waals surface area contributed by atoms with Crippen molar-refractivity contribution in [3.8, 4) is 0 Å². The van der Waals surface area contributed by atoms with E-state index in [9.17, 15) is 25.0 Å². The van der Waals surface area contributed by atoms with E-state index in [1.165, 1.54) is 16.2 Å². The highest BCUT2D eigenvalue weighted by atomic mass is 32.1. The number of carbonyl (C=O) groups is 1. The minimum atomic E-state index is -0.755. The summed E-state index contributed by atoms with van der Waals surface area (Å²) in [6.07, 6.45) is 0. The Morgan fingerprint density at radius 3 is 2.21 bits per heavy atom. The van der Waals surface area contributed by atoms with Gasteiger partial charge >= 0.3 is 0 Å². The van der Waals surface area contributed by atoms with Crippen molar-refractivity contribution >= 4 is 44.0 Å². The standard InChI is InChI=1S/C23H18N4O5S/c1-14-8-15(2)21-20(9-14)33-23(24-21)25(13-16-6-4-3-5-7-16)22(28)17-10-18(26(29)30)12-19(11-17)27(31)32/h3-12H,13H2,1-2H3. The summed E-state index contributed by atoms with van der Waals surface area (Å²) in [6.45, 7) is 4.06. The van der Waals surface area contributed by atoms with E-state index in [4.69, 9.17) is 0 Å². The third kappa shape index (κ3) is 4.55. The van der Waals surface area contributed by atoms with Gasteiger partial charge in [0.2, 0.25) is 0 Å². The van der Waals surface area contributed by atoms with Crippen molar-refractivity contribution in [3.63, 3.8) is 0 Å². The first-order chi connectivity index (χ1) is 15.7.